The molecule has 0 aliphatic carbocycles. The summed E-state index contributed by atoms with van der Waals surface area (Å²) in [5.74, 6) is 0. The molecule has 2 N–H and O–H groups in total. The topological polar surface area (TPSA) is 35.5 Å². The first-order chi connectivity index (χ1) is 9.43. The van der Waals surface area contributed by atoms with E-state index in [2.05, 4.69) is 39.3 Å². The lowest BCUT2D eigenvalue weighted by molar-refractivity contribution is 0.163. The summed E-state index contributed by atoms with van der Waals surface area (Å²) in [6.45, 7) is 3.69. The van der Waals surface area contributed by atoms with E-state index in [1.165, 1.54) is 0 Å². The zero-order valence-electron chi connectivity index (χ0n) is 12.4. The van der Waals surface area contributed by atoms with Gasteiger partial charge < -0.3 is 15.3 Å². The first-order valence-corrected chi connectivity index (χ1v) is 8.10. The number of halogens is 2. The number of nitrogens with one attached hydrogen (secondary N) is 1. The van der Waals surface area contributed by atoms with Gasteiger partial charge in [-0.05, 0) is 58.1 Å². The Bertz CT molecular complexity index is 415. The maximum Gasteiger partial charge on any atom is 0.0524 e. The van der Waals surface area contributed by atoms with Crippen LogP contribution in [0.5, 0.6) is 0 Å². The molecule has 0 amide bonds. The molecule has 1 rings (SSSR count). The maximum absolute atomic E-state index is 9.30. The fourth-order valence-electron chi connectivity index (χ4n) is 2.11. The molecule has 1 aromatic rings. The normalized spacial score (nSPS) is 14.6. The Morgan fingerprint density at radius 1 is 1.35 bits per heavy atom. The van der Waals surface area contributed by atoms with Crippen LogP contribution in [-0.4, -0.2) is 43.3 Å². The number of hydrogen-bond donors (Lipinski definition) is 2. The van der Waals surface area contributed by atoms with Gasteiger partial charge in [0.15, 0.2) is 0 Å². The van der Waals surface area contributed by atoms with Gasteiger partial charge in [-0.1, -0.05) is 33.6 Å². The predicted octanol–water partition coefficient (Wildman–Crippen LogP) is 3.46. The molecule has 114 valence electrons. The molecule has 0 aromatic heterocycles. The first-order valence-electron chi connectivity index (χ1n) is 6.93. The van der Waals surface area contributed by atoms with E-state index in [0.29, 0.717) is 0 Å². The van der Waals surface area contributed by atoms with Gasteiger partial charge in [-0.2, -0.15) is 0 Å². The Balaban J connectivity index is 2.54. The van der Waals surface area contributed by atoms with Gasteiger partial charge in [0.25, 0.3) is 0 Å². The van der Waals surface area contributed by atoms with E-state index in [-0.39, 0.29) is 12.1 Å². The van der Waals surface area contributed by atoms with Crippen LogP contribution >= 0.6 is 27.5 Å². The third-order valence-corrected chi connectivity index (χ3v) is 4.24. The van der Waals surface area contributed by atoms with Crippen molar-refractivity contribution in [2.45, 2.75) is 31.9 Å². The van der Waals surface area contributed by atoms with Crippen molar-refractivity contribution in [3.63, 3.8) is 0 Å². The molecule has 0 heterocycles. The van der Waals surface area contributed by atoms with Crippen LogP contribution in [0.1, 0.15) is 31.4 Å². The average molecular weight is 364 g/mol. The molecule has 2 atom stereocenters. The Morgan fingerprint density at radius 2 is 2.00 bits per heavy atom. The zero-order chi connectivity index (χ0) is 15.1. The van der Waals surface area contributed by atoms with E-state index in [9.17, 15) is 5.11 Å². The second-order valence-electron chi connectivity index (χ2n) is 5.24. The number of rotatable bonds is 8. The monoisotopic (exact) mass is 362 g/mol. The summed E-state index contributed by atoms with van der Waals surface area (Å²) in [7, 11) is 4.04. The lowest BCUT2D eigenvalue weighted by atomic mass is 10.0. The quantitative estimate of drug-likeness (QED) is 0.742. The maximum atomic E-state index is 9.30. The van der Waals surface area contributed by atoms with Crippen molar-refractivity contribution in [3.05, 3.63) is 33.3 Å². The second kappa shape index (κ2) is 9.00. The van der Waals surface area contributed by atoms with E-state index in [0.717, 1.165) is 41.0 Å². The minimum absolute atomic E-state index is 0.238. The van der Waals surface area contributed by atoms with Crippen LogP contribution in [0.4, 0.5) is 0 Å². The van der Waals surface area contributed by atoms with Gasteiger partial charge in [-0.15, -0.1) is 0 Å². The molecule has 1 aromatic carbocycles. The van der Waals surface area contributed by atoms with Crippen LogP contribution in [0.25, 0.3) is 0 Å². The van der Waals surface area contributed by atoms with E-state index in [4.69, 9.17) is 11.6 Å². The van der Waals surface area contributed by atoms with Crippen molar-refractivity contribution in [2.24, 2.45) is 0 Å². The van der Waals surface area contributed by atoms with Gasteiger partial charge in [-0.3, -0.25) is 0 Å². The molecule has 0 radical (unpaired) electrons. The van der Waals surface area contributed by atoms with Gasteiger partial charge in [0, 0.05) is 22.1 Å². The van der Waals surface area contributed by atoms with Crippen molar-refractivity contribution < 1.29 is 5.11 Å². The molecular weight excluding hydrogens is 340 g/mol. The van der Waals surface area contributed by atoms with Crippen molar-refractivity contribution >= 4 is 27.5 Å². The van der Waals surface area contributed by atoms with Crippen LogP contribution in [0.15, 0.2) is 22.7 Å². The summed E-state index contributed by atoms with van der Waals surface area (Å²) in [5.41, 5.74) is 1.13. The number of aliphatic hydroxyl groups excluding tert-OH is 1. The summed E-state index contributed by atoms with van der Waals surface area (Å²) < 4.78 is 0.996. The highest BCUT2D eigenvalue weighted by atomic mass is 79.9. The van der Waals surface area contributed by atoms with E-state index < -0.39 is 0 Å². The summed E-state index contributed by atoms with van der Waals surface area (Å²) in [5, 5.41) is 13.4. The lowest BCUT2D eigenvalue weighted by Gasteiger charge is -2.23. The lowest BCUT2D eigenvalue weighted by Crippen LogP contribution is -2.27. The summed E-state index contributed by atoms with van der Waals surface area (Å²) >= 11 is 9.73. The SMILES string of the molecule is CNC(CCN(C)CCC(C)O)c1ccc(Br)cc1Cl. The van der Waals surface area contributed by atoms with Crippen molar-refractivity contribution in [2.75, 3.05) is 27.2 Å². The zero-order valence-corrected chi connectivity index (χ0v) is 14.7. The molecule has 0 fully saturated rings. The Hall–Kier alpha value is -0.130. The molecular formula is C15H24BrClN2O. The van der Waals surface area contributed by atoms with Gasteiger partial charge in [-0.25, -0.2) is 0 Å². The smallest absolute Gasteiger partial charge is 0.0524 e. The van der Waals surface area contributed by atoms with Gasteiger partial charge in [0.1, 0.15) is 0 Å². The summed E-state index contributed by atoms with van der Waals surface area (Å²) in [4.78, 5) is 2.24. The molecule has 2 unspecified atom stereocenters. The molecule has 0 aliphatic heterocycles. The molecule has 0 aliphatic rings. The van der Waals surface area contributed by atoms with Crippen molar-refractivity contribution in [1.82, 2.24) is 10.2 Å². The van der Waals surface area contributed by atoms with Crippen LogP contribution < -0.4 is 5.32 Å². The predicted molar refractivity (Wildman–Crippen MR) is 89.4 cm³/mol. The van der Waals surface area contributed by atoms with Crippen LogP contribution in [0.2, 0.25) is 5.02 Å². The highest BCUT2D eigenvalue weighted by molar-refractivity contribution is 9.10. The number of aliphatic hydroxyl groups is 1. The van der Waals surface area contributed by atoms with Crippen LogP contribution in [0, 0.1) is 0 Å². The molecule has 0 saturated carbocycles. The largest absolute Gasteiger partial charge is 0.393 e. The molecule has 0 bridgehead atoms. The average Bonchev–Trinajstić information content (AvgIpc) is 2.38. The minimum Gasteiger partial charge on any atom is -0.393 e. The number of benzene rings is 1. The summed E-state index contributed by atoms with van der Waals surface area (Å²) in [6, 6.07) is 6.24. The molecule has 3 nitrogen and oxygen atoms in total. The van der Waals surface area contributed by atoms with Gasteiger partial charge in [0.2, 0.25) is 0 Å². The number of nitrogens with zero attached hydrogens (tertiary/aromatic N) is 1. The first kappa shape index (κ1) is 17.9. The second-order valence-corrected chi connectivity index (χ2v) is 6.56. The van der Waals surface area contributed by atoms with Crippen molar-refractivity contribution in [3.8, 4) is 0 Å². The Labute approximate surface area is 135 Å². The van der Waals surface area contributed by atoms with E-state index >= 15 is 0 Å². The Kier molecular flexibility index (Phi) is 8.07. The molecule has 5 heteroatoms. The number of hydrogen-bond acceptors (Lipinski definition) is 3. The third kappa shape index (κ3) is 6.10. The highest BCUT2D eigenvalue weighted by Crippen LogP contribution is 2.28. The van der Waals surface area contributed by atoms with Crippen LogP contribution in [0.3, 0.4) is 0 Å². The van der Waals surface area contributed by atoms with E-state index in [1.807, 2.05) is 26.1 Å². The Morgan fingerprint density at radius 3 is 2.55 bits per heavy atom. The molecule has 0 saturated heterocycles. The summed E-state index contributed by atoms with van der Waals surface area (Å²) in [6.07, 6.45) is 1.55. The van der Waals surface area contributed by atoms with Gasteiger partial charge in [0.05, 0.1) is 6.10 Å². The molecule has 0 spiro atoms. The fraction of sp³-hybridized carbons (Fsp3) is 0.600. The van der Waals surface area contributed by atoms with Crippen LogP contribution in [-0.2, 0) is 0 Å². The standard InChI is InChI=1S/C15H24BrClN2O/c1-11(20)6-8-19(3)9-7-15(18-2)13-5-4-12(16)10-14(13)17/h4-5,10-11,15,18,20H,6-9H2,1-3H3. The van der Waals surface area contributed by atoms with E-state index in [1.54, 1.807) is 0 Å². The van der Waals surface area contributed by atoms with Gasteiger partial charge >= 0.3 is 0 Å². The fourth-order valence-corrected chi connectivity index (χ4v) is 2.91. The highest BCUT2D eigenvalue weighted by Gasteiger charge is 2.14. The van der Waals surface area contributed by atoms with Crippen molar-refractivity contribution in [1.29, 1.82) is 0 Å². The minimum atomic E-state index is -0.238. The molecule has 20 heavy (non-hydrogen) atoms. The third-order valence-electron chi connectivity index (χ3n) is 3.41.